The van der Waals surface area contributed by atoms with E-state index in [0.717, 1.165) is 30.9 Å². The molecule has 6 rings (SSSR count). The minimum atomic E-state index is -4.65. The fourth-order valence-electron chi connectivity index (χ4n) is 4.53. The van der Waals surface area contributed by atoms with E-state index >= 15 is 4.39 Å². The van der Waals surface area contributed by atoms with E-state index in [0.29, 0.717) is 10.3 Å². The molecular weight excluding hydrogens is 599 g/mol. The smallest absolute Gasteiger partial charge is 0.433 e. The SMILES string of the molecule is [O-][n+]1cc(-c2c(-n3cnnn3)ccc(Cl)c2F)ccc1C(Cn1cc(F)cn1)n1cc(-c2ccnc(C(F)(F)F)c2)cn1. The van der Waals surface area contributed by atoms with Crippen LogP contribution in [-0.4, -0.2) is 44.8 Å². The first kappa shape index (κ1) is 27.9. The third-order valence-electron chi connectivity index (χ3n) is 6.51. The highest BCUT2D eigenvalue weighted by atomic mass is 35.5. The van der Waals surface area contributed by atoms with Crippen molar-refractivity contribution in [2.24, 2.45) is 0 Å². The van der Waals surface area contributed by atoms with Crippen LogP contribution in [-0.2, 0) is 12.7 Å². The van der Waals surface area contributed by atoms with Gasteiger partial charge in [-0.2, -0.15) is 32.8 Å². The number of alkyl halides is 3. The van der Waals surface area contributed by atoms with Gasteiger partial charge in [0, 0.05) is 24.0 Å². The summed E-state index contributed by atoms with van der Waals surface area (Å²) < 4.78 is 73.0. The van der Waals surface area contributed by atoms with Gasteiger partial charge < -0.3 is 5.21 Å². The lowest BCUT2D eigenvalue weighted by atomic mass is 10.0. The lowest BCUT2D eigenvalue weighted by Crippen LogP contribution is -2.37. The van der Waals surface area contributed by atoms with E-state index in [-0.39, 0.29) is 39.6 Å². The molecule has 5 aromatic heterocycles. The van der Waals surface area contributed by atoms with E-state index in [1.165, 1.54) is 63.1 Å². The van der Waals surface area contributed by atoms with E-state index < -0.39 is 29.5 Å². The maximum Gasteiger partial charge on any atom is 0.433 e. The van der Waals surface area contributed by atoms with Crippen LogP contribution in [0.1, 0.15) is 17.4 Å². The fourth-order valence-corrected chi connectivity index (χ4v) is 4.68. The summed E-state index contributed by atoms with van der Waals surface area (Å²) in [7, 11) is 0. The molecule has 0 spiro atoms. The minimum absolute atomic E-state index is 0.0406. The van der Waals surface area contributed by atoms with Crippen molar-refractivity contribution in [3.05, 3.63) is 113 Å². The summed E-state index contributed by atoms with van der Waals surface area (Å²) in [6.07, 6.45) is 3.62. The van der Waals surface area contributed by atoms with Crippen LogP contribution in [0.3, 0.4) is 0 Å². The Morgan fingerprint density at radius 2 is 1.81 bits per heavy atom. The average Bonchev–Trinajstić information content (AvgIpc) is 3.76. The largest absolute Gasteiger partial charge is 0.618 e. The Bertz CT molecular complexity index is 1920. The molecule has 0 saturated heterocycles. The third-order valence-corrected chi connectivity index (χ3v) is 6.80. The number of benzene rings is 1. The van der Waals surface area contributed by atoms with Gasteiger partial charge in [0.25, 0.3) is 0 Å². The molecule has 0 aliphatic heterocycles. The van der Waals surface area contributed by atoms with Gasteiger partial charge in [0.2, 0.25) is 5.69 Å². The van der Waals surface area contributed by atoms with Crippen LogP contribution >= 0.6 is 11.6 Å². The first-order valence-electron chi connectivity index (χ1n) is 12.3. The Balaban J connectivity index is 1.42. The Morgan fingerprint density at radius 1 is 0.977 bits per heavy atom. The van der Waals surface area contributed by atoms with Crippen molar-refractivity contribution in [1.29, 1.82) is 0 Å². The molecular formula is C26H16ClF5N10O. The zero-order valence-electron chi connectivity index (χ0n) is 21.4. The molecule has 1 unspecified atom stereocenters. The monoisotopic (exact) mass is 614 g/mol. The number of tetrazole rings is 1. The molecule has 0 N–H and O–H groups in total. The first-order chi connectivity index (χ1) is 20.6. The predicted molar refractivity (Wildman–Crippen MR) is 139 cm³/mol. The van der Waals surface area contributed by atoms with Crippen LogP contribution in [0, 0.1) is 16.8 Å². The Labute approximate surface area is 243 Å². The summed E-state index contributed by atoms with van der Waals surface area (Å²) in [5.41, 5.74) is -0.169. The quantitative estimate of drug-likeness (QED) is 0.146. The Morgan fingerprint density at radius 3 is 2.51 bits per heavy atom. The van der Waals surface area contributed by atoms with Crippen molar-refractivity contribution in [3.8, 4) is 27.9 Å². The summed E-state index contributed by atoms with van der Waals surface area (Å²) in [5.74, 6) is -1.42. The topological polar surface area (TPSA) is 119 Å². The van der Waals surface area contributed by atoms with Crippen LogP contribution in [0.4, 0.5) is 22.0 Å². The molecule has 0 radical (unpaired) electrons. The number of aromatic nitrogens is 10. The molecule has 0 bridgehead atoms. The molecule has 0 aliphatic carbocycles. The standard InChI is InChI=1S/C26H16ClF5N10O/c27-19-2-4-21(41-14-34-37-38-41)24(25(19)29)16-1-3-20(42(43)11-16)22(13-39-12-18(28)9-35-39)40-10-17(8-36-40)15-5-6-33-23(7-15)26(30,31)32/h1-12,14,22H,13H2. The molecule has 1 aromatic carbocycles. The molecule has 218 valence electrons. The normalized spacial score (nSPS) is 12.5. The van der Waals surface area contributed by atoms with Crippen molar-refractivity contribution in [1.82, 2.24) is 44.8 Å². The lowest BCUT2D eigenvalue weighted by molar-refractivity contribution is -0.615. The summed E-state index contributed by atoms with van der Waals surface area (Å²) >= 11 is 6.04. The van der Waals surface area contributed by atoms with E-state index in [9.17, 15) is 22.8 Å². The number of hydrogen-bond donors (Lipinski definition) is 0. The average molecular weight is 615 g/mol. The molecule has 0 fully saturated rings. The summed E-state index contributed by atoms with van der Waals surface area (Å²) in [6, 6.07) is 7.06. The number of rotatable bonds is 7. The molecule has 17 heteroatoms. The number of pyridine rings is 2. The number of halogens is 6. The predicted octanol–water partition coefficient (Wildman–Crippen LogP) is 4.66. The van der Waals surface area contributed by atoms with Gasteiger partial charge in [0.05, 0.1) is 47.0 Å². The van der Waals surface area contributed by atoms with Gasteiger partial charge in [-0.1, -0.05) is 11.6 Å². The van der Waals surface area contributed by atoms with E-state index in [4.69, 9.17) is 11.6 Å². The Kier molecular flexibility index (Phi) is 7.05. The molecule has 0 amide bonds. The third kappa shape index (κ3) is 5.51. The number of nitrogens with zero attached hydrogens (tertiary/aromatic N) is 10. The highest BCUT2D eigenvalue weighted by Crippen LogP contribution is 2.34. The Hall–Kier alpha value is -5.25. The van der Waals surface area contributed by atoms with E-state index in [1.54, 1.807) is 0 Å². The van der Waals surface area contributed by atoms with Crippen molar-refractivity contribution < 1.29 is 26.7 Å². The highest BCUT2D eigenvalue weighted by Gasteiger charge is 2.33. The van der Waals surface area contributed by atoms with E-state index in [1.807, 2.05) is 0 Å². The van der Waals surface area contributed by atoms with Crippen LogP contribution < -0.4 is 4.73 Å². The molecule has 6 aromatic rings. The maximum atomic E-state index is 15.3. The van der Waals surface area contributed by atoms with Gasteiger partial charge in [-0.25, -0.2) is 8.78 Å². The molecule has 43 heavy (non-hydrogen) atoms. The summed E-state index contributed by atoms with van der Waals surface area (Å²) in [5, 5.41) is 32.4. The zero-order chi connectivity index (χ0) is 30.3. The van der Waals surface area contributed by atoms with Crippen molar-refractivity contribution in [3.63, 3.8) is 0 Å². The van der Waals surface area contributed by atoms with Crippen LogP contribution in [0.15, 0.2) is 79.9 Å². The van der Waals surface area contributed by atoms with Gasteiger partial charge in [0.15, 0.2) is 23.9 Å². The number of hydrogen-bond acceptors (Lipinski definition) is 7. The first-order valence-corrected chi connectivity index (χ1v) is 12.7. The van der Waals surface area contributed by atoms with Crippen molar-refractivity contribution in [2.45, 2.75) is 18.8 Å². The molecule has 0 aliphatic rings. The fraction of sp³-hybridized carbons (Fsp3) is 0.115. The second kappa shape index (κ2) is 10.9. The van der Waals surface area contributed by atoms with Gasteiger partial charge in [-0.05, 0) is 46.3 Å². The second-order valence-corrected chi connectivity index (χ2v) is 9.62. The molecule has 5 heterocycles. The van der Waals surface area contributed by atoms with Gasteiger partial charge in [-0.15, -0.1) is 5.10 Å². The van der Waals surface area contributed by atoms with Gasteiger partial charge >= 0.3 is 6.18 Å². The summed E-state index contributed by atoms with van der Waals surface area (Å²) in [6.45, 7) is -0.0851. The second-order valence-electron chi connectivity index (χ2n) is 9.21. The van der Waals surface area contributed by atoms with Gasteiger partial charge in [-0.3, -0.25) is 14.3 Å². The van der Waals surface area contributed by atoms with E-state index in [2.05, 4.69) is 30.7 Å². The van der Waals surface area contributed by atoms with Gasteiger partial charge in [0.1, 0.15) is 12.0 Å². The van der Waals surface area contributed by atoms with Crippen LogP contribution in [0.25, 0.3) is 27.9 Å². The molecule has 1 atom stereocenters. The maximum absolute atomic E-state index is 15.3. The van der Waals surface area contributed by atoms with Crippen molar-refractivity contribution >= 4 is 11.6 Å². The summed E-state index contributed by atoms with van der Waals surface area (Å²) in [4.78, 5) is 3.37. The minimum Gasteiger partial charge on any atom is -0.618 e. The molecule has 11 nitrogen and oxygen atoms in total. The molecule has 0 saturated carbocycles. The van der Waals surface area contributed by atoms with Crippen molar-refractivity contribution in [2.75, 3.05) is 0 Å². The van der Waals surface area contributed by atoms with Crippen LogP contribution in [0.5, 0.6) is 0 Å². The highest BCUT2D eigenvalue weighted by molar-refractivity contribution is 6.31. The lowest BCUT2D eigenvalue weighted by Gasteiger charge is -2.18. The zero-order valence-corrected chi connectivity index (χ0v) is 22.2. The van der Waals surface area contributed by atoms with Crippen LogP contribution in [0.2, 0.25) is 5.02 Å².